The molecule has 0 fully saturated rings. The van der Waals surface area contributed by atoms with Gasteiger partial charge in [0.15, 0.2) is 0 Å². The molecular formula is C25H26F3N3O. The number of H-pyrrole nitrogens is 1. The van der Waals surface area contributed by atoms with Crippen molar-refractivity contribution < 1.29 is 13.2 Å². The van der Waals surface area contributed by atoms with Crippen LogP contribution < -0.4 is 5.56 Å². The molecule has 1 N–H and O–H groups in total. The van der Waals surface area contributed by atoms with Gasteiger partial charge in [-0.2, -0.15) is 13.2 Å². The van der Waals surface area contributed by atoms with E-state index in [2.05, 4.69) is 59.9 Å². The van der Waals surface area contributed by atoms with Gasteiger partial charge in [-0.05, 0) is 28.7 Å². The first-order chi connectivity index (χ1) is 15.0. The van der Waals surface area contributed by atoms with E-state index < -0.39 is 11.7 Å². The largest absolute Gasteiger partial charge is 0.416 e. The Morgan fingerprint density at radius 2 is 1.59 bits per heavy atom. The number of alkyl halides is 3. The first-order valence-corrected chi connectivity index (χ1v) is 10.6. The van der Waals surface area contributed by atoms with Crippen molar-refractivity contribution in [2.75, 3.05) is 6.54 Å². The van der Waals surface area contributed by atoms with Crippen LogP contribution in [0.1, 0.15) is 48.7 Å². The summed E-state index contributed by atoms with van der Waals surface area (Å²) in [6.45, 7) is 8.54. The molecule has 0 unspecified atom stereocenters. The monoisotopic (exact) mass is 441 g/mol. The van der Waals surface area contributed by atoms with E-state index >= 15 is 0 Å². The lowest BCUT2D eigenvalue weighted by atomic mass is 9.86. The van der Waals surface area contributed by atoms with E-state index in [1.54, 1.807) is 0 Å². The van der Waals surface area contributed by atoms with Gasteiger partial charge in [0.05, 0.1) is 16.8 Å². The fraction of sp³-hybridized carbons (Fsp3) is 0.360. The van der Waals surface area contributed by atoms with Crippen molar-refractivity contribution in [3.05, 3.63) is 86.8 Å². The first-order valence-electron chi connectivity index (χ1n) is 10.6. The zero-order chi connectivity index (χ0) is 23.1. The van der Waals surface area contributed by atoms with Crippen LogP contribution in [0.5, 0.6) is 0 Å². The number of aromatic nitrogens is 2. The molecule has 0 aliphatic carbocycles. The molecule has 0 amide bonds. The molecule has 168 valence electrons. The van der Waals surface area contributed by atoms with Crippen molar-refractivity contribution in [3.8, 4) is 11.4 Å². The third kappa shape index (κ3) is 4.78. The van der Waals surface area contributed by atoms with Crippen LogP contribution in [0.4, 0.5) is 13.2 Å². The SMILES string of the molecule is CC(C)(C)c1ccc(CN2CCc3nc(-c4ccc(C(F)(F)F)cc4)[nH]c(=O)c3C2)cc1. The summed E-state index contributed by atoms with van der Waals surface area (Å²) in [5.41, 5.74) is 3.39. The van der Waals surface area contributed by atoms with Gasteiger partial charge in [0, 0.05) is 31.6 Å². The molecule has 7 heteroatoms. The average molecular weight is 441 g/mol. The number of halogens is 3. The Kier molecular flexibility index (Phi) is 5.71. The van der Waals surface area contributed by atoms with E-state index in [-0.39, 0.29) is 11.0 Å². The summed E-state index contributed by atoms with van der Waals surface area (Å²) in [6, 6.07) is 13.2. The maximum absolute atomic E-state index is 12.8. The van der Waals surface area contributed by atoms with E-state index in [4.69, 9.17) is 0 Å². The normalized spacial score (nSPS) is 14.9. The molecule has 0 spiro atoms. The minimum absolute atomic E-state index is 0.104. The number of fused-ring (bicyclic) bond motifs is 1. The minimum atomic E-state index is -4.40. The number of aromatic amines is 1. The van der Waals surface area contributed by atoms with Gasteiger partial charge >= 0.3 is 6.18 Å². The smallest absolute Gasteiger partial charge is 0.306 e. The summed E-state index contributed by atoms with van der Waals surface area (Å²) in [5.74, 6) is 0.300. The zero-order valence-electron chi connectivity index (χ0n) is 18.4. The maximum atomic E-state index is 12.8. The maximum Gasteiger partial charge on any atom is 0.416 e. The Morgan fingerprint density at radius 3 is 2.19 bits per heavy atom. The van der Waals surface area contributed by atoms with Crippen molar-refractivity contribution in [3.63, 3.8) is 0 Å². The fourth-order valence-electron chi connectivity index (χ4n) is 3.94. The highest BCUT2D eigenvalue weighted by Crippen LogP contribution is 2.30. The Hall–Kier alpha value is -2.93. The molecule has 3 aromatic rings. The van der Waals surface area contributed by atoms with Gasteiger partial charge in [0.2, 0.25) is 0 Å². The Bertz CT molecular complexity index is 1160. The van der Waals surface area contributed by atoms with Gasteiger partial charge in [0.1, 0.15) is 5.82 Å². The highest BCUT2D eigenvalue weighted by atomic mass is 19.4. The molecule has 2 heterocycles. The van der Waals surface area contributed by atoms with Crippen LogP contribution in [0, 0.1) is 0 Å². The number of nitrogens with zero attached hydrogens (tertiary/aromatic N) is 2. The summed E-state index contributed by atoms with van der Waals surface area (Å²) in [4.78, 5) is 22.2. The zero-order valence-corrected chi connectivity index (χ0v) is 18.4. The molecule has 0 radical (unpaired) electrons. The van der Waals surface area contributed by atoms with Crippen LogP contribution in [-0.4, -0.2) is 21.4 Å². The second-order valence-corrected chi connectivity index (χ2v) is 9.32. The van der Waals surface area contributed by atoms with Crippen LogP contribution >= 0.6 is 0 Å². The van der Waals surface area contributed by atoms with Crippen molar-refractivity contribution in [2.45, 2.75) is 51.9 Å². The highest BCUT2D eigenvalue weighted by Gasteiger charge is 2.30. The topological polar surface area (TPSA) is 49.0 Å². The molecule has 32 heavy (non-hydrogen) atoms. The second kappa shape index (κ2) is 8.20. The lowest BCUT2D eigenvalue weighted by molar-refractivity contribution is -0.137. The van der Waals surface area contributed by atoms with Crippen molar-refractivity contribution in [1.82, 2.24) is 14.9 Å². The quantitative estimate of drug-likeness (QED) is 0.599. The summed E-state index contributed by atoms with van der Waals surface area (Å²) >= 11 is 0. The van der Waals surface area contributed by atoms with E-state index in [1.807, 2.05) is 0 Å². The molecule has 4 nitrogen and oxygen atoms in total. The lowest BCUT2D eigenvalue weighted by Gasteiger charge is -2.28. The summed E-state index contributed by atoms with van der Waals surface area (Å²) in [7, 11) is 0. The van der Waals surface area contributed by atoms with Crippen molar-refractivity contribution in [2.24, 2.45) is 0 Å². The Morgan fingerprint density at radius 1 is 0.969 bits per heavy atom. The van der Waals surface area contributed by atoms with E-state index in [0.29, 0.717) is 35.6 Å². The Balaban J connectivity index is 1.50. The predicted molar refractivity (Wildman–Crippen MR) is 118 cm³/mol. The fourth-order valence-corrected chi connectivity index (χ4v) is 3.94. The number of hydrogen-bond acceptors (Lipinski definition) is 3. The standard InChI is InChI=1S/C25H26F3N3O/c1-24(2,3)18-8-4-16(5-9-18)14-31-13-12-21-20(15-31)23(32)30-22(29-21)17-6-10-19(11-7-17)25(26,27)28/h4-11H,12-15H2,1-3H3,(H,29,30,32). The molecule has 1 aliphatic heterocycles. The molecule has 0 atom stereocenters. The van der Waals surface area contributed by atoms with Crippen molar-refractivity contribution in [1.29, 1.82) is 0 Å². The second-order valence-electron chi connectivity index (χ2n) is 9.32. The number of hydrogen-bond donors (Lipinski definition) is 1. The van der Waals surface area contributed by atoms with Gasteiger partial charge in [-0.3, -0.25) is 9.69 Å². The van der Waals surface area contributed by atoms with Gasteiger partial charge in [-0.25, -0.2) is 4.98 Å². The summed E-state index contributed by atoms with van der Waals surface area (Å²) < 4.78 is 38.4. The number of benzene rings is 2. The molecular weight excluding hydrogens is 415 g/mol. The van der Waals surface area contributed by atoms with Crippen LogP contribution in [0.15, 0.2) is 53.3 Å². The lowest BCUT2D eigenvalue weighted by Crippen LogP contribution is -2.35. The third-order valence-corrected chi connectivity index (χ3v) is 5.86. The molecule has 0 saturated heterocycles. The third-order valence-electron chi connectivity index (χ3n) is 5.86. The van der Waals surface area contributed by atoms with Crippen LogP contribution in [-0.2, 0) is 31.1 Å². The van der Waals surface area contributed by atoms with E-state index in [0.717, 1.165) is 25.2 Å². The molecule has 1 aliphatic rings. The van der Waals surface area contributed by atoms with E-state index in [1.165, 1.54) is 23.3 Å². The van der Waals surface area contributed by atoms with Gasteiger partial charge < -0.3 is 4.98 Å². The first kappa shape index (κ1) is 22.3. The minimum Gasteiger partial charge on any atom is -0.306 e. The van der Waals surface area contributed by atoms with Gasteiger partial charge in [0.25, 0.3) is 5.56 Å². The number of rotatable bonds is 3. The van der Waals surface area contributed by atoms with Gasteiger partial charge in [-0.15, -0.1) is 0 Å². The summed E-state index contributed by atoms with van der Waals surface area (Å²) in [5, 5.41) is 0. The highest BCUT2D eigenvalue weighted by molar-refractivity contribution is 5.56. The van der Waals surface area contributed by atoms with Gasteiger partial charge in [-0.1, -0.05) is 57.2 Å². The molecule has 2 aromatic carbocycles. The molecule has 0 bridgehead atoms. The average Bonchev–Trinajstić information content (AvgIpc) is 2.73. The van der Waals surface area contributed by atoms with Crippen LogP contribution in [0.25, 0.3) is 11.4 Å². The molecule has 4 rings (SSSR count). The van der Waals surface area contributed by atoms with Crippen LogP contribution in [0.2, 0.25) is 0 Å². The van der Waals surface area contributed by atoms with Crippen LogP contribution in [0.3, 0.4) is 0 Å². The van der Waals surface area contributed by atoms with Crippen molar-refractivity contribution >= 4 is 0 Å². The predicted octanol–water partition coefficient (Wildman–Crippen LogP) is 5.31. The molecule has 0 saturated carbocycles. The molecule has 1 aromatic heterocycles. The summed E-state index contributed by atoms with van der Waals surface area (Å²) in [6.07, 6.45) is -3.78. The van der Waals surface area contributed by atoms with E-state index in [9.17, 15) is 18.0 Å². The Labute approximate surface area is 185 Å². The number of nitrogens with one attached hydrogen (secondary N) is 1.